The Bertz CT molecular complexity index is 445. The lowest BCUT2D eigenvalue weighted by atomic mass is 10.0. The van der Waals surface area contributed by atoms with Crippen molar-refractivity contribution >= 4 is 12.4 Å². The largest absolute Gasteiger partial charge is 0.473 e. The number of hydrogen-bond acceptors (Lipinski definition) is 5. The molecule has 1 aliphatic heterocycles. The summed E-state index contributed by atoms with van der Waals surface area (Å²) in [5.74, 6) is -0.366. The molecule has 2 rings (SSSR count). The lowest BCUT2D eigenvalue weighted by Crippen LogP contribution is -2.26. The molecule has 2 heterocycles. The maximum Gasteiger partial charge on any atom is 0.335 e. The smallest absolute Gasteiger partial charge is 0.335 e. The van der Waals surface area contributed by atoms with Gasteiger partial charge in [0, 0.05) is 18.0 Å². The number of nitrogens with zero attached hydrogens (tertiary/aromatic N) is 2. The van der Waals surface area contributed by atoms with Crippen molar-refractivity contribution in [3.8, 4) is 0 Å². The van der Waals surface area contributed by atoms with E-state index in [4.69, 9.17) is 9.47 Å². The Hall–Kier alpha value is -1.91. The molecule has 1 aromatic heterocycles. The second-order valence-electron chi connectivity index (χ2n) is 3.74. The summed E-state index contributed by atoms with van der Waals surface area (Å²) in [6, 6.07) is 1.25. The van der Waals surface area contributed by atoms with Crippen molar-refractivity contribution in [3.63, 3.8) is 0 Å². The van der Waals surface area contributed by atoms with Gasteiger partial charge >= 0.3 is 5.97 Å². The van der Waals surface area contributed by atoms with Crippen molar-refractivity contribution < 1.29 is 14.3 Å². The number of aliphatic imine (C=N–C) groups is 1. The standard InChI is InChI=1S/C12H14N2O3/c1-3-16-12(15)10-11(17-7-14-10)9-6-13-5-4-8(9)2/h4-7,10-11H,3H2,1-2H3. The van der Waals surface area contributed by atoms with Gasteiger partial charge in [-0.05, 0) is 25.5 Å². The molecule has 0 fully saturated rings. The van der Waals surface area contributed by atoms with Crippen molar-refractivity contribution in [1.82, 2.24) is 4.98 Å². The van der Waals surface area contributed by atoms with E-state index in [1.807, 2.05) is 13.0 Å². The van der Waals surface area contributed by atoms with Gasteiger partial charge in [-0.3, -0.25) is 4.98 Å². The van der Waals surface area contributed by atoms with Crippen molar-refractivity contribution in [2.45, 2.75) is 26.0 Å². The fourth-order valence-corrected chi connectivity index (χ4v) is 1.75. The van der Waals surface area contributed by atoms with E-state index in [-0.39, 0.29) is 5.97 Å². The summed E-state index contributed by atoms with van der Waals surface area (Å²) in [5.41, 5.74) is 1.88. The Kier molecular flexibility index (Phi) is 3.37. The zero-order valence-electron chi connectivity index (χ0n) is 9.79. The highest BCUT2D eigenvalue weighted by molar-refractivity contribution is 5.80. The van der Waals surface area contributed by atoms with Crippen LogP contribution in [0.25, 0.3) is 0 Å². The Morgan fingerprint density at radius 3 is 3.12 bits per heavy atom. The van der Waals surface area contributed by atoms with Crippen LogP contribution in [0.5, 0.6) is 0 Å². The normalized spacial score (nSPS) is 22.2. The molecule has 2 atom stereocenters. The van der Waals surface area contributed by atoms with Gasteiger partial charge in [0.05, 0.1) is 6.61 Å². The van der Waals surface area contributed by atoms with Gasteiger partial charge in [-0.15, -0.1) is 0 Å². The predicted molar refractivity (Wildman–Crippen MR) is 61.7 cm³/mol. The molecule has 1 aliphatic rings. The molecule has 0 amide bonds. The number of esters is 1. The quantitative estimate of drug-likeness (QED) is 0.742. The number of aromatic nitrogens is 1. The first-order valence-electron chi connectivity index (χ1n) is 5.48. The Morgan fingerprint density at radius 1 is 1.59 bits per heavy atom. The Morgan fingerprint density at radius 2 is 2.41 bits per heavy atom. The van der Waals surface area contributed by atoms with Gasteiger partial charge in [-0.25, -0.2) is 9.79 Å². The van der Waals surface area contributed by atoms with E-state index in [1.165, 1.54) is 6.40 Å². The van der Waals surface area contributed by atoms with E-state index in [0.29, 0.717) is 6.61 Å². The average molecular weight is 234 g/mol. The van der Waals surface area contributed by atoms with Crippen molar-refractivity contribution in [3.05, 3.63) is 29.6 Å². The van der Waals surface area contributed by atoms with Crippen LogP contribution in [0.3, 0.4) is 0 Å². The molecule has 90 valence electrons. The SMILES string of the molecule is CCOC(=O)C1N=COC1c1cnccc1C. The number of hydrogen-bond donors (Lipinski definition) is 0. The molecule has 0 aliphatic carbocycles. The molecule has 0 saturated heterocycles. The minimum atomic E-state index is -0.627. The molecular formula is C12H14N2O3. The second kappa shape index (κ2) is 4.95. The van der Waals surface area contributed by atoms with Crippen LogP contribution in [0.4, 0.5) is 0 Å². The number of pyridine rings is 1. The third kappa shape index (κ3) is 2.27. The summed E-state index contributed by atoms with van der Waals surface area (Å²) < 4.78 is 10.3. The van der Waals surface area contributed by atoms with Crippen molar-refractivity contribution in [2.75, 3.05) is 6.61 Å². The molecular weight excluding hydrogens is 220 g/mol. The van der Waals surface area contributed by atoms with Gasteiger partial charge in [-0.1, -0.05) is 0 Å². The zero-order valence-corrected chi connectivity index (χ0v) is 9.79. The average Bonchev–Trinajstić information content (AvgIpc) is 2.79. The molecule has 0 N–H and O–H groups in total. The topological polar surface area (TPSA) is 60.8 Å². The number of rotatable bonds is 3. The molecule has 5 nitrogen and oxygen atoms in total. The number of ether oxygens (including phenoxy) is 2. The minimum absolute atomic E-state index is 0.337. The summed E-state index contributed by atoms with van der Waals surface area (Å²) in [4.78, 5) is 19.7. The van der Waals surface area contributed by atoms with Crippen LogP contribution in [0.1, 0.15) is 24.2 Å². The van der Waals surface area contributed by atoms with Crippen LogP contribution in [-0.4, -0.2) is 30.0 Å². The van der Waals surface area contributed by atoms with Crippen molar-refractivity contribution in [2.24, 2.45) is 4.99 Å². The van der Waals surface area contributed by atoms with Crippen LogP contribution in [0.2, 0.25) is 0 Å². The molecule has 0 bridgehead atoms. The maximum absolute atomic E-state index is 11.7. The molecule has 0 aromatic carbocycles. The van der Waals surface area contributed by atoms with E-state index < -0.39 is 12.1 Å². The number of carbonyl (C=O) groups is 1. The third-order valence-corrected chi connectivity index (χ3v) is 2.63. The lowest BCUT2D eigenvalue weighted by Gasteiger charge is -2.17. The molecule has 0 spiro atoms. The van der Waals surface area contributed by atoms with Crippen molar-refractivity contribution in [1.29, 1.82) is 0 Å². The van der Waals surface area contributed by atoms with Gasteiger partial charge in [0.15, 0.2) is 18.5 Å². The van der Waals surface area contributed by atoms with Crippen LogP contribution in [0.15, 0.2) is 23.5 Å². The van der Waals surface area contributed by atoms with E-state index >= 15 is 0 Å². The molecule has 17 heavy (non-hydrogen) atoms. The summed E-state index contributed by atoms with van der Waals surface area (Å²) in [6.07, 6.45) is 4.27. The summed E-state index contributed by atoms with van der Waals surface area (Å²) >= 11 is 0. The lowest BCUT2D eigenvalue weighted by molar-refractivity contribution is -0.146. The third-order valence-electron chi connectivity index (χ3n) is 2.63. The second-order valence-corrected chi connectivity index (χ2v) is 3.74. The van der Waals surface area contributed by atoms with Gasteiger partial charge in [0.2, 0.25) is 0 Å². The first-order chi connectivity index (χ1) is 8.24. The summed E-state index contributed by atoms with van der Waals surface area (Å²) in [7, 11) is 0. The van der Waals surface area contributed by atoms with Crippen LogP contribution >= 0.6 is 0 Å². The molecule has 5 heteroatoms. The van der Waals surface area contributed by atoms with Gasteiger partial charge in [0.25, 0.3) is 0 Å². The van der Waals surface area contributed by atoms with Crippen LogP contribution < -0.4 is 0 Å². The van der Waals surface area contributed by atoms with Gasteiger partial charge in [-0.2, -0.15) is 0 Å². The highest BCUT2D eigenvalue weighted by atomic mass is 16.5. The highest BCUT2D eigenvalue weighted by Crippen LogP contribution is 2.29. The summed E-state index contributed by atoms with van der Waals surface area (Å²) in [5, 5.41) is 0. The molecule has 2 unspecified atom stereocenters. The van der Waals surface area contributed by atoms with E-state index in [0.717, 1.165) is 11.1 Å². The first kappa shape index (κ1) is 11.6. The highest BCUT2D eigenvalue weighted by Gasteiger charge is 2.36. The molecule has 1 aromatic rings. The van der Waals surface area contributed by atoms with Crippen LogP contribution in [0, 0.1) is 6.92 Å². The maximum atomic E-state index is 11.7. The summed E-state index contributed by atoms with van der Waals surface area (Å²) in [6.45, 7) is 4.05. The van der Waals surface area contributed by atoms with Crippen LogP contribution in [-0.2, 0) is 14.3 Å². The van der Waals surface area contributed by atoms with E-state index in [2.05, 4.69) is 9.98 Å². The minimum Gasteiger partial charge on any atom is -0.473 e. The monoisotopic (exact) mass is 234 g/mol. The fraction of sp³-hybridized carbons (Fsp3) is 0.417. The predicted octanol–water partition coefficient (Wildman–Crippen LogP) is 1.42. The molecule has 0 radical (unpaired) electrons. The van der Waals surface area contributed by atoms with Gasteiger partial charge < -0.3 is 9.47 Å². The van der Waals surface area contributed by atoms with Gasteiger partial charge in [0.1, 0.15) is 0 Å². The fourth-order valence-electron chi connectivity index (χ4n) is 1.75. The first-order valence-corrected chi connectivity index (χ1v) is 5.48. The number of aryl methyl sites for hydroxylation is 1. The zero-order chi connectivity index (χ0) is 12.3. The Balaban J connectivity index is 2.22. The Labute approximate surface area is 99.5 Å². The molecule has 0 saturated carbocycles. The number of carbonyl (C=O) groups excluding carboxylic acids is 1. The van der Waals surface area contributed by atoms with E-state index in [1.54, 1.807) is 19.3 Å². The van der Waals surface area contributed by atoms with E-state index in [9.17, 15) is 4.79 Å².